The lowest BCUT2D eigenvalue weighted by atomic mass is 10.1. The van der Waals surface area contributed by atoms with Gasteiger partial charge >= 0.3 is 0 Å². The van der Waals surface area contributed by atoms with Gasteiger partial charge in [0.15, 0.2) is 0 Å². The number of benzene rings is 2. The molecule has 0 aliphatic heterocycles. The van der Waals surface area contributed by atoms with E-state index < -0.39 is 10.8 Å². The summed E-state index contributed by atoms with van der Waals surface area (Å²) in [5, 5.41) is 2.91. The minimum absolute atomic E-state index is 0.179. The molecule has 0 spiro atoms. The fraction of sp³-hybridized carbons (Fsp3) is 0.350. The van der Waals surface area contributed by atoms with E-state index in [4.69, 9.17) is 4.74 Å². The molecule has 1 amide bonds. The maximum absolute atomic E-state index is 12.5. The molecule has 0 aromatic heterocycles. The smallest absolute Gasteiger partial charge is 0.255 e. The molecule has 2 aromatic carbocycles. The summed E-state index contributed by atoms with van der Waals surface area (Å²) in [5.74, 6) is 1.06. The van der Waals surface area contributed by atoms with E-state index >= 15 is 0 Å². The number of rotatable bonds is 6. The van der Waals surface area contributed by atoms with Crippen molar-refractivity contribution in [3.05, 3.63) is 59.7 Å². The van der Waals surface area contributed by atoms with Crippen LogP contribution >= 0.6 is 0 Å². The van der Waals surface area contributed by atoms with Crippen LogP contribution in [0.2, 0.25) is 0 Å². The summed E-state index contributed by atoms with van der Waals surface area (Å²) in [7, 11) is -0.930. The zero-order chi connectivity index (χ0) is 17.6. The molecule has 5 heteroatoms. The average molecular weight is 357 g/mol. The standard InChI is InChI=1S/C20H23NO3S/c1-25(23)14-15-6-4-7-16(12-15)20(22)21-17-8-5-11-19(13-17)24-18-9-2-3-10-18/h4-8,11-13,18H,2-3,9-10,14H2,1H3,(H,21,22). The van der Waals surface area contributed by atoms with E-state index in [9.17, 15) is 9.00 Å². The summed E-state index contributed by atoms with van der Waals surface area (Å²) in [6, 6.07) is 14.8. The van der Waals surface area contributed by atoms with Gasteiger partial charge in [0.2, 0.25) is 0 Å². The van der Waals surface area contributed by atoms with Crippen molar-refractivity contribution in [2.75, 3.05) is 11.6 Å². The van der Waals surface area contributed by atoms with E-state index in [2.05, 4.69) is 5.32 Å². The molecule has 1 aliphatic carbocycles. The Hall–Kier alpha value is -2.14. The van der Waals surface area contributed by atoms with Gasteiger partial charge in [-0.25, -0.2) is 0 Å². The van der Waals surface area contributed by atoms with Crippen LogP contribution < -0.4 is 10.1 Å². The Morgan fingerprint density at radius 2 is 1.92 bits per heavy atom. The molecule has 1 fully saturated rings. The lowest BCUT2D eigenvalue weighted by molar-refractivity contribution is 0.102. The largest absolute Gasteiger partial charge is 0.490 e. The number of anilines is 1. The molecule has 0 heterocycles. The number of hydrogen-bond acceptors (Lipinski definition) is 3. The molecule has 1 N–H and O–H groups in total. The summed E-state index contributed by atoms with van der Waals surface area (Å²) in [6.07, 6.45) is 6.59. The number of nitrogens with one attached hydrogen (secondary N) is 1. The van der Waals surface area contributed by atoms with E-state index in [-0.39, 0.29) is 12.0 Å². The van der Waals surface area contributed by atoms with Crippen LogP contribution in [-0.4, -0.2) is 22.5 Å². The second-order valence-corrected chi connectivity index (χ2v) is 7.86. The van der Waals surface area contributed by atoms with Gasteiger partial charge in [-0.05, 0) is 55.5 Å². The van der Waals surface area contributed by atoms with Crippen molar-refractivity contribution >= 4 is 22.4 Å². The third kappa shape index (κ3) is 5.16. The Bertz CT molecular complexity index is 769. The van der Waals surface area contributed by atoms with E-state index in [1.165, 1.54) is 12.8 Å². The maximum Gasteiger partial charge on any atom is 0.255 e. The summed E-state index contributed by atoms with van der Waals surface area (Å²) in [4.78, 5) is 12.5. The zero-order valence-electron chi connectivity index (χ0n) is 14.4. The van der Waals surface area contributed by atoms with Crippen LogP contribution in [0.3, 0.4) is 0 Å². The predicted molar refractivity (Wildman–Crippen MR) is 101 cm³/mol. The molecule has 0 radical (unpaired) electrons. The van der Waals surface area contributed by atoms with Crippen molar-refractivity contribution in [3.63, 3.8) is 0 Å². The van der Waals surface area contributed by atoms with E-state index in [1.807, 2.05) is 36.4 Å². The van der Waals surface area contributed by atoms with E-state index in [0.29, 0.717) is 17.0 Å². The molecular weight excluding hydrogens is 334 g/mol. The topological polar surface area (TPSA) is 55.4 Å². The number of carbonyl (C=O) groups excluding carboxylic acids is 1. The number of ether oxygens (including phenoxy) is 1. The van der Waals surface area contributed by atoms with Gasteiger partial charge in [0, 0.05) is 40.1 Å². The van der Waals surface area contributed by atoms with Gasteiger partial charge < -0.3 is 10.1 Å². The molecular formula is C20H23NO3S. The Morgan fingerprint density at radius 1 is 1.16 bits per heavy atom. The minimum Gasteiger partial charge on any atom is -0.490 e. The summed E-state index contributed by atoms with van der Waals surface area (Å²) >= 11 is 0. The number of amides is 1. The molecule has 0 bridgehead atoms. The lowest BCUT2D eigenvalue weighted by Crippen LogP contribution is -2.13. The highest BCUT2D eigenvalue weighted by molar-refractivity contribution is 7.83. The molecule has 2 aromatic rings. The first kappa shape index (κ1) is 17.7. The minimum atomic E-state index is -0.930. The SMILES string of the molecule is CS(=O)Cc1cccc(C(=O)Nc2cccc(OC3CCCC3)c2)c1. The number of carbonyl (C=O) groups is 1. The van der Waals surface area contributed by atoms with Crippen molar-refractivity contribution in [2.45, 2.75) is 37.5 Å². The Morgan fingerprint density at radius 3 is 2.68 bits per heavy atom. The first-order chi connectivity index (χ1) is 12.1. The predicted octanol–water partition coefficient (Wildman–Crippen LogP) is 4.14. The van der Waals surface area contributed by atoms with Crippen LogP contribution in [0.5, 0.6) is 5.75 Å². The monoisotopic (exact) mass is 357 g/mol. The van der Waals surface area contributed by atoms with Gasteiger partial charge in [-0.1, -0.05) is 18.2 Å². The fourth-order valence-electron chi connectivity index (χ4n) is 3.09. The van der Waals surface area contributed by atoms with Crippen LogP contribution in [0.1, 0.15) is 41.6 Å². The summed E-state index contributed by atoms with van der Waals surface area (Å²) < 4.78 is 17.3. The maximum atomic E-state index is 12.5. The molecule has 132 valence electrons. The van der Waals surface area contributed by atoms with Crippen molar-refractivity contribution in [2.24, 2.45) is 0 Å². The lowest BCUT2D eigenvalue weighted by Gasteiger charge is -2.14. The first-order valence-corrected chi connectivity index (χ1v) is 10.3. The van der Waals surface area contributed by atoms with Gasteiger partial charge in [-0.3, -0.25) is 9.00 Å². The third-order valence-electron chi connectivity index (χ3n) is 4.26. The molecule has 3 rings (SSSR count). The Labute approximate surface area is 151 Å². The second-order valence-electron chi connectivity index (χ2n) is 6.42. The summed E-state index contributed by atoms with van der Waals surface area (Å²) in [5.41, 5.74) is 2.17. The molecule has 1 aliphatic rings. The van der Waals surface area contributed by atoms with Crippen molar-refractivity contribution in [1.82, 2.24) is 0 Å². The third-order valence-corrected chi connectivity index (χ3v) is 5.00. The van der Waals surface area contributed by atoms with Crippen LogP contribution in [0.4, 0.5) is 5.69 Å². The van der Waals surface area contributed by atoms with Crippen molar-refractivity contribution < 1.29 is 13.7 Å². The molecule has 1 atom stereocenters. The van der Waals surface area contributed by atoms with Crippen molar-refractivity contribution in [1.29, 1.82) is 0 Å². The molecule has 25 heavy (non-hydrogen) atoms. The van der Waals surface area contributed by atoms with Crippen LogP contribution in [0.15, 0.2) is 48.5 Å². The Balaban J connectivity index is 1.67. The molecule has 0 saturated heterocycles. The second kappa shape index (κ2) is 8.30. The normalized spacial score (nSPS) is 15.7. The van der Waals surface area contributed by atoms with Crippen molar-refractivity contribution in [3.8, 4) is 5.75 Å². The van der Waals surface area contributed by atoms with E-state index in [0.717, 1.165) is 24.2 Å². The summed E-state index contributed by atoms with van der Waals surface area (Å²) in [6.45, 7) is 0. The van der Waals surface area contributed by atoms with Gasteiger partial charge in [-0.15, -0.1) is 0 Å². The van der Waals surface area contributed by atoms with Crippen LogP contribution in [0, 0.1) is 0 Å². The number of hydrogen-bond donors (Lipinski definition) is 1. The van der Waals surface area contributed by atoms with E-state index in [1.54, 1.807) is 18.4 Å². The zero-order valence-corrected chi connectivity index (χ0v) is 15.2. The van der Waals surface area contributed by atoms with Gasteiger partial charge in [0.25, 0.3) is 5.91 Å². The van der Waals surface area contributed by atoms with Crippen LogP contribution in [-0.2, 0) is 16.6 Å². The first-order valence-electron chi connectivity index (χ1n) is 8.57. The van der Waals surface area contributed by atoms with Gasteiger partial charge in [0.1, 0.15) is 5.75 Å². The Kier molecular flexibility index (Phi) is 5.87. The highest BCUT2D eigenvalue weighted by Gasteiger charge is 2.16. The highest BCUT2D eigenvalue weighted by Crippen LogP contribution is 2.26. The van der Waals surface area contributed by atoms with Gasteiger partial charge in [-0.2, -0.15) is 0 Å². The fourth-order valence-corrected chi connectivity index (χ4v) is 3.74. The average Bonchev–Trinajstić information content (AvgIpc) is 3.08. The molecule has 1 unspecified atom stereocenters. The van der Waals surface area contributed by atoms with Crippen LogP contribution in [0.25, 0.3) is 0 Å². The quantitative estimate of drug-likeness (QED) is 0.845. The molecule has 4 nitrogen and oxygen atoms in total. The highest BCUT2D eigenvalue weighted by atomic mass is 32.2. The van der Waals surface area contributed by atoms with Gasteiger partial charge in [0.05, 0.1) is 6.10 Å². The molecule has 1 saturated carbocycles.